The Bertz CT molecular complexity index is 309. The summed E-state index contributed by atoms with van der Waals surface area (Å²) in [4.78, 5) is 0. The Morgan fingerprint density at radius 1 is 1.38 bits per heavy atom. The van der Waals surface area contributed by atoms with E-state index >= 15 is 0 Å². The molecule has 1 aromatic carbocycles. The van der Waals surface area contributed by atoms with Gasteiger partial charge in [-0.25, -0.2) is 0 Å². The van der Waals surface area contributed by atoms with Crippen LogP contribution in [0.25, 0.3) is 0 Å². The first-order chi connectivity index (χ1) is 6.33. The maximum atomic E-state index is 9.75. The molecule has 1 atom stereocenters. The zero-order valence-electron chi connectivity index (χ0n) is 7.46. The molecule has 0 amide bonds. The summed E-state index contributed by atoms with van der Waals surface area (Å²) in [6.07, 6.45) is 3.21. The molecule has 0 radical (unpaired) electrons. The van der Waals surface area contributed by atoms with Crippen molar-refractivity contribution >= 4 is 15.9 Å². The lowest BCUT2D eigenvalue weighted by atomic mass is 10.00. The topological polar surface area (TPSA) is 20.2 Å². The SMILES string of the molecule is OC(CBr)c1cccc2c1CCC2. The normalized spacial score (nSPS) is 17.1. The summed E-state index contributed by atoms with van der Waals surface area (Å²) in [6, 6.07) is 6.26. The van der Waals surface area contributed by atoms with E-state index in [-0.39, 0.29) is 6.10 Å². The maximum Gasteiger partial charge on any atom is 0.0889 e. The van der Waals surface area contributed by atoms with Crippen molar-refractivity contribution in [2.45, 2.75) is 25.4 Å². The minimum Gasteiger partial charge on any atom is -0.388 e. The highest BCUT2D eigenvalue weighted by Crippen LogP contribution is 2.29. The quantitative estimate of drug-likeness (QED) is 0.789. The van der Waals surface area contributed by atoms with Gasteiger partial charge in [0.2, 0.25) is 0 Å². The fourth-order valence-corrected chi connectivity index (χ4v) is 2.39. The van der Waals surface area contributed by atoms with Gasteiger partial charge in [-0.2, -0.15) is 0 Å². The van der Waals surface area contributed by atoms with Crippen molar-refractivity contribution in [2.24, 2.45) is 0 Å². The van der Waals surface area contributed by atoms with E-state index in [1.54, 1.807) is 0 Å². The van der Waals surface area contributed by atoms with Gasteiger partial charge in [0.1, 0.15) is 0 Å². The highest BCUT2D eigenvalue weighted by Gasteiger charge is 2.17. The summed E-state index contributed by atoms with van der Waals surface area (Å²) in [6.45, 7) is 0. The predicted octanol–water partition coefficient (Wildman–Crippen LogP) is 2.60. The molecule has 1 aliphatic rings. The van der Waals surface area contributed by atoms with Gasteiger partial charge in [-0.3, -0.25) is 0 Å². The van der Waals surface area contributed by atoms with Gasteiger partial charge in [-0.1, -0.05) is 34.1 Å². The Hall–Kier alpha value is -0.340. The van der Waals surface area contributed by atoms with Crippen molar-refractivity contribution in [2.75, 3.05) is 5.33 Å². The molecular weight excluding hydrogens is 228 g/mol. The highest BCUT2D eigenvalue weighted by atomic mass is 79.9. The first-order valence-corrected chi connectivity index (χ1v) is 5.79. The zero-order valence-corrected chi connectivity index (χ0v) is 9.05. The number of hydrogen-bond donors (Lipinski definition) is 1. The van der Waals surface area contributed by atoms with Crippen LogP contribution in [0.2, 0.25) is 0 Å². The molecule has 0 bridgehead atoms. The van der Waals surface area contributed by atoms with Gasteiger partial charge >= 0.3 is 0 Å². The van der Waals surface area contributed by atoms with Crippen molar-refractivity contribution in [3.63, 3.8) is 0 Å². The molecule has 0 aromatic heterocycles. The van der Waals surface area contributed by atoms with Crippen LogP contribution in [0.4, 0.5) is 0 Å². The molecule has 1 unspecified atom stereocenters. The molecule has 0 saturated carbocycles. The number of rotatable bonds is 2. The molecule has 1 aliphatic carbocycles. The van der Waals surface area contributed by atoms with E-state index in [1.807, 2.05) is 12.1 Å². The van der Waals surface area contributed by atoms with Crippen LogP contribution in [-0.4, -0.2) is 10.4 Å². The molecule has 2 heteroatoms. The van der Waals surface area contributed by atoms with E-state index in [0.717, 1.165) is 12.0 Å². The Balaban J connectivity index is 2.41. The van der Waals surface area contributed by atoms with E-state index in [0.29, 0.717) is 5.33 Å². The predicted molar refractivity (Wildman–Crippen MR) is 57.2 cm³/mol. The summed E-state index contributed by atoms with van der Waals surface area (Å²) in [5.74, 6) is 0. The van der Waals surface area contributed by atoms with Crippen LogP contribution in [0.15, 0.2) is 18.2 Å². The van der Waals surface area contributed by atoms with Crippen molar-refractivity contribution in [1.82, 2.24) is 0 Å². The number of aliphatic hydroxyl groups excluding tert-OH is 1. The summed E-state index contributed by atoms with van der Waals surface area (Å²) >= 11 is 3.31. The van der Waals surface area contributed by atoms with Gasteiger partial charge in [-0.15, -0.1) is 0 Å². The average Bonchev–Trinajstić information content (AvgIpc) is 2.63. The van der Waals surface area contributed by atoms with Crippen LogP contribution in [0.1, 0.15) is 29.2 Å². The maximum absolute atomic E-state index is 9.75. The highest BCUT2D eigenvalue weighted by molar-refractivity contribution is 9.09. The molecule has 1 nitrogen and oxygen atoms in total. The molecule has 0 spiro atoms. The molecule has 0 saturated heterocycles. The molecule has 1 N–H and O–H groups in total. The van der Waals surface area contributed by atoms with E-state index in [1.165, 1.54) is 24.0 Å². The summed E-state index contributed by atoms with van der Waals surface area (Å²) in [7, 11) is 0. The van der Waals surface area contributed by atoms with Crippen LogP contribution in [0.5, 0.6) is 0 Å². The van der Waals surface area contributed by atoms with E-state index in [4.69, 9.17) is 0 Å². The van der Waals surface area contributed by atoms with E-state index < -0.39 is 0 Å². The minimum absolute atomic E-state index is 0.340. The van der Waals surface area contributed by atoms with Crippen LogP contribution in [-0.2, 0) is 12.8 Å². The fraction of sp³-hybridized carbons (Fsp3) is 0.455. The molecule has 2 rings (SSSR count). The third kappa shape index (κ3) is 1.65. The lowest BCUT2D eigenvalue weighted by molar-refractivity contribution is 0.204. The van der Waals surface area contributed by atoms with Crippen molar-refractivity contribution in [3.8, 4) is 0 Å². The van der Waals surface area contributed by atoms with Crippen molar-refractivity contribution in [1.29, 1.82) is 0 Å². The minimum atomic E-state index is -0.340. The van der Waals surface area contributed by atoms with Gasteiger partial charge in [-0.05, 0) is 36.0 Å². The molecule has 0 aliphatic heterocycles. The average molecular weight is 241 g/mol. The third-order valence-electron chi connectivity index (χ3n) is 2.69. The van der Waals surface area contributed by atoms with Crippen LogP contribution < -0.4 is 0 Å². The van der Waals surface area contributed by atoms with Gasteiger partial charge in [0, 0.05) is 5.33 Å². The summed E-state index contributed by atoms with van der Waals surface area (Å²) in [5, 5.41) is 10.4. The molecule has 0 heterocycles. The Labute approximate surface area is 86.9 Å². The second-order valence-electron chi connectivity index (χ2n) is 3.51. The lowest BCUT2D eigenvalue weighted by Gasteiger charge is -2.12. The number of aryl methyl sites for hydroxylation is 1. The smallest absolute Gasteiger partial charge is 0.0889 e. The number of alkyl halides is 1. The van der Waals surface area contributed by atoms with Gasteiger partial charge in [0.25, 0.3) is 0 Å². The second kappa shape index (κ2) is 3.81. The monoisotopic (exact) mass is 240 g/mol. The van der Waals surface area contributed by atoms with Crippen LogP contribution in [0.3, 0.4) is 0 Å². The molecular formula is C11H13BrO. The first-order valence-electron chi connectivity index (χ1n) is 4.67. The van der Waals surface area contributed by atoms with Crippen molar-refractivity contribution in [3.05, 3.63) is 34.9 Å². The molecule has 13 heavy (non-hydrogen) atoms. The molecule has 70 valence electrons. The standard InChI is InChI=1S/C11H13BrO/c12-7-11(13)10-6-2-4-8-3-1-5-9(8)10/h2,4,6,11,13H,1,3,5,7H2. The van der Waals surface area contributed by atoms with Crippen LogP contribution >= 0.6 is 15.9 Å². The van der Waals surface area contributed by atoms with Gasteiger partial charge < -0.3 is 5.11 Å². The number of halogens is 1. The number of aliphatic hydroxyl groups is 1. The summed E-state index contributed by atoms with van der Waals surface area (Å²) in [5.41, 5.74) is 3.93. The van der Waals surface area contributed by atoms with Crippen LogP contribution in [0, 0.1) is 0 Å². The Morgan fingerprint density at radius 3 is 3.00 bits per heavy atom. The number of benzene rings is 1. The fourth-order valence-electron chi connectivity index (χ4n) is 2.04. The molecule has 1 aromatic rings. The number of hydrogen-bond acceptors (Lipinski definition) is 1. The van der Waals surface area contributed by atoms with E-state index in [9.17, 15) is 5.11 Å². The first kappa shape index (κ1) is 9.22. The van der Waals surface area contributed by atoms with Gasteiger partial charge in [0.15, 0.2) is 0 Å². The number of fused-ring (bicyclic) bond motifs is 1. The lowest BCUT2D eigenvalue weighted by Crippen LogP contribution is -2.02. The van der Waals surface area contributed by atoms with Gasteiger partial charge in [0.05, 0.1) is 6.10 Å². The third-order valence-corrected chi connectivity index (χ3v) is 3.30. The van der Waals surface area contributed by atoms with Crippen molar-refractivity contribution < 1.29 is 5.11 Å². The second-order valence-corrected chi connectivity index (χ2v) is 4.16. The molecule has 0 fully saturated rings. The largest absolute Gasteiger partial charge is 0.388 e. The Morgan fingerprint density at radius 2 is 2.23 bits per heavy atom. The summed E-state index contributed by atoms with van der Waals surface area (Å²) < 4.78 is 0. The Kier molecular flexibility index (Phi) is 2.70. The van der Waals surface area contributed by atoms with E-state index in [2.05, 4.69) is 22.0 Å². The zero-order chi connectivity index (χ0) is 9.26.